The highest BCUT2D eigenvalue weighted by Crippen LogP contribution is 2.28. The molecule has 0 saturated carbocycles. The zero-order chi connectivity index (χ0) is 13.0. The van der Waals surface area contributed by atoms with Crippen LogP contribution in [0, 0.1) is 5.92 Å². The first kappa shape index (κ1) is 14.2. The summed E-state index contributed by atoms with van der Waals surface area (Å²) >= 11 is 0. The molecule has 1 aliphatic heterocycles. The van der Waals surface area contributed by atoms with E-state index in [2.05, 4.69) is 0 Å². The van der Waals surface area contributed by atoms with Crippen molar-refractivity contribution in [2.45, 2.75) is 45.0 Å². The Kier molecular flexibility index (Phi) is 5.11. The highest BCUT2D eigenvalue weighted by Gasteiger charge is 2.38. The maximum Gasteiger partial charge on any atom is 0.139 e. The first-order valence-corrected chi connectivity index (χ1v) is 5.89. The number of aliphatic hydroxyl groups excluding tert-OH is 2. The quantitative estimate of drug-likeness (QED) is 0.644. The van der Waals surface area contributed by atoms with Crippen molar-refractivity contribution in [2.24, 2.45) is 11.7 Å². The SMILES string of the molecule is CC(=O)CC/C=C1/OC(CN)[C@@H](O)[C@H](O)C1C. The molecule has 1 aliphatic rings. The van der Waals surface area contributed by atoms with Crippen LogP contribution in [0.1, 0.15) is 26.7 Å². The molecule has 0 aromatic rings. The molecule has 1 fully saturated rings. The molecule has 0 spiro atoms. The van der Waals surface area contributed by atoms with E-state index < -0.39 is 18.3 Å². The second-order valence-corrected chi connectivity index (χ2v) is 4.51. The van der Waals surface area contributed by atoms with Crippen molar-refractivity contribution in [2.75, 3.05) is 6.54 Å². The molecule has 1 saturated heterocycles. The highest BCUT2D eigenvalue weighted by molar-refractivity contribution is 5.75. The average molecular weight is 243 g/mol. The minimum Gasteiger partial charge on any atom is -0.491 e. The van der Waals surface area contributed by atoms with Crippen LogP contribution in [0.3, 0.4) is 0 Å². The summed E-state index contributed by atoms with van der Waals surface area (Å²) in [6.07, 6.45) is 0.412. The number of nitrogens with two attached hydrogens (primary N) is 1. The summed E-state index contributed by atoms with van der Waals surface area (Å²) in [5.41, 5.74) is 5.46. The van der Waals surface area contributed by atoms with Crippen molar-refractivity contribution in [3.05, 3.63) is 11.8 Å². The molecule has 0 aromatic carbocycles. The van der Waals surface area contributed by atoms with E-state index in [1.165, 1.54) is 6.92 Å². The number of hydrogen-bond acceptors (Lipinski definition) is 5. The van der Waals surface area contributed by atoms with E-state index in [-0.39, 0.29) is 18.2 Å². The van der Waals surface area contributed by atoms with Gasteiger partial charge in [0.2, 0.25) is 0 Å². The number of ether oxygens (including phenoxy) is 1. The Labute approximate surface area is 101 Å². The van der Waals surface area contributed by atoms with Crippen LogP contribution in [0.25, 0.3) is 0 Å². The van der Waals surface area contributed by atoms with E-state index in [1.54, 1.807) is 13.0 Å². The Morgan fingerprint density at radius 1 is 1.47 bits per heavy atom. The zero-order valence-corrected chi connectivity index (χ0v) is 10.3. The van der Waals surface area contributed by atoms with Crippen molar-refractivity contribution >= 4 is 5.78 Å². The van der Waals surface area contributed by atoms with Crippen LogP contribution in [0.15, 0.2) is 11.8 Å². The normalized spacial score (nSPS) is 35.7. The van der Waals surface area contributed by atoms with Gasteiger partial charge in [0.05, 0.1) is 11.9 Å². The Morgan fingerprint density at radius 2 is 2.12 bits per heavy atom. The van der Waals surface area contributed by atoms with Crippen LogP contribution in [-0.4, -0.2) is 40.9 Å². The number of ketones is 1. The van der Waals surface area contributed by atoms with Crippen LogP contribution in [-0.2, 0) is 9.53 Å². The summed E-state index contributed by atoms with van der Waals surface area (Å²) in [7, 11) is 0. The van der Waals surface area contributed by atoms with Gasteiger partial charge in [-0.2, -0.15) is 0 Å². The Bertz CT molecular complexity index is 301. The molecule has 0 aromatic heterocycles. The lowest BCUT2D eigenvalue weighted by Gasteiger charge is -2.38. The van der Waals surface area contributed by atoms with Crippen LogP contribution < -0.4 is 5.73 Å². The molecule has 2 unspecified atom stereocenters. The number of rotatable bonds is 4. The fourth-order valence-corrected chi connectivity index (χ4v) is 1.88. The van der Waals surface area contributed by atoms with Crippen molar-refractivity contribution < 1.29 is 19.7 Å². The fourth-order valence-electron chi connectivity index (χ4n) is 1.88. The number of allylic oxidation sites excluding steroid dienone is 1. The number of carbonyl (C=O) groups excluding carboxylic acids is 1. The lowest BCUT2D eigenvalue weighted by molar-refractivity contribution is -0.125. The molecule has 0 aliphatic carbocycles. The van der Waals surface area contributed by atoms with Crippen molar-refractivity contribution in [3.8, 4) is 0 Å². The molecule has 98 valence electrons. The summed E-state index contributed by atoms with van der Waals surface area (Å²) in [6.45, 7) is 3.46. The maximum absolute atomic E-state index is 10.8. The van der Waals surface area contributed by atoms with E-state index >= 15 is 0 Å². The molecule has 0 amide bonds. The third-order valence-corrected chi connectivity index (χ3v) is 3.05. The molecule has 1 heterocycles. The number of aliphatic hydroxyl groups is 2. The van der Waals surface area contributed by atoms with E-state index in [1.807, 2.05) is 0 Å². The standard InChI is InChI=1S/C12H21NO4/c1-7(14)4-3-5-9-8(2)11(15)12(16)10(6-13)17-9/h5,8,10-12,15-16H,3-4,6,13H2,1-2H3/b9-5+/t8?,10?,11-,12-/m1/s1. The number of carbonyl (C=O) groups is 1. The second kappa shape index (κ2) is 6.14. The van der Waals surface area contributed by atoms with Crippen LogP contribution in [0.2, 0.25) is 0 Å². The van der Waals surface area contributed by atoms with Crippen LogP contribution in [0.5, 0.6) is 0 Å². The molecule has 0 radical (unpaired) electrons. The number of hydrogen-bond donors (Lipinski definition) is 3. The van der Waals surface area contributed by atoms with E-state index in [0.717, 1.165) is 0 Å². The molecule has 0 bridgehead atoms. The lowest BCUT2D eigenvalue weighted by atomic mass is 9.90. The first-order chi connectivity index (χ1) is 7.97. The summed E-state index contributed by atoms with van der Waals surface area (Å²) in [5, 5.41) is 19.5. The Hall–Kier alpha value is -0.910. The predicted octanol–water partition coefficient (Wildman–Crippen LogP) is -0.0451. The van der Waals surface area contributed by atoms with Gasteiger partial charge in [-0.25, -0.2) is 0 Å². The van der Waals surface area contributed by atoms with Gasteiger partial charge >= 0.3 is 0 Å². The summed E-state index contributed by atoms with van der Waals surface area (Å²) < 4.78 is 5.53. The van der Waals surface area contributed by atoms with Crippen LogP contribution in [0.4, 0.5) is 0 Å². The van der Waals surface area contributed by atoms with Crippen molar-refractivity contribution in [1.29, 1.82) is 0 Å². The summed E-state index contributed by atoms with van der Waals surface area (Å²) in [6, 6.07) is 0. The largest absolute Gasteiger partial charge is 0.491 e. The third kappa shape index (κ3) is 3.52. The molecular formula is C12H21NO4. The molecule has 4 N–H and O–H groups in total. The minimum absolute atomic E-state index is 0.112. The van der Waals surface area contributed by atoms with Gasteiger partial charge in [-0.3, -0.25) is 0 Å². The van der Waals surface area contributed by atoms with Gasteiger partial charge in [-0.05, 0) is 19.4 Å². The van der Waals surface area contributed by atoms with Gasteiger partial charge in [0.15, 0.2) is 0 Å². The topological polar surface area (TPSA) is 92.8 Å². The van der Waals surface area contributed by atoms with E-state index in [9.17, 15) is 15.0 Å². The van der Waals surface area contributed by atoms with Gasteiger partial charge in [0, 0.05) is 18.9 Å². The van der Waals surface area contributed by atoms with Gasteiger partial charge in [-0.1, -0.05) is 6.92 Å². The summed E-state index contributed by atoms with van der Waals surface area (Å²) in [4.78, 5) is 10.8. The third-order valence-electron chi connectivity index (χ3n) is 3.05. The monoisotopic (exact) mass is 243 g/mol. The van der Waals surface area contributed by atoms with Crippen molar-refractivity contribution in [1.82, 2.24) is 0 Å². The highest BCUT2D eigenvalue weighted by atomic mass is 16.5. The maximum atomic E-state index is 10.8. The van der Waals surface area contributed by atoms with E-state index in [4.69, 9.17) is 10.5 Å². The van der Waals surface area contributed by atoms with Gasteiger partial charge in [0.25, 0.3) is 0 Å². The van der Waals surface area contributed by atoms with Crippen molar-refractivity contribution in [3.63, 3.8) is 0 Å². The minimum atomic E-state index is -0.958. The molecular weight excluding hydrogens is 222 g/mol. The molecule has 5 heteroatoms. The zero-order valence-electron chi connectivity index (χ0n) is 10.3. The van der Waals surface area contributed by atoms with Gasteiger partial charge in [-0.15, -0.1) is 0 Å². The molecule has 5 nitrogen and oxygen atoms in total. The first-order valence-electron chi connectivity index (χ1n) is 5.89. The summed E-state index contributed by atoms with van der Waals surface area (Å²) in [5.74, 6) is 0.445. The smallest absolute Gasteiger partial charge is 0.139 e. The average Bonchev–Trinajstić information content (AvgIpc) is 2.29. The lowest BCUT2D eigenvalue weighted by Crippen LogP contribution is -2.51. The number of Topliss-reactive ketones (excluding diaryl/α,β-unsaturated/α-hetero) is 1. The molecule has 4 atom stereocenters. The molecule has 17 heavy (non-hydrogen) atoms. The fraction of sp³-hybridized carbons (Fsp3) is 0.750. The molecule has 1 rings (SSSR count). The van der Waals surface area contributed by atoms with Crippen LogP contribution >= 0.6 is 0 Å². The predicted molar refractivity (Wildman–Crippen MR) is 63.1 cm³/mol. The van der Waals surface area contributed by atoms with Gasteiger partial charge in [0.1, 0.15) is 18.0 Å². The van der Waals surface area contributed by atoms with E-state index in [0.29, 0.717) is 18.6 Å². The Morgan fingerprint density at radius 3 is 2.65 bits per heavy atom. The van der Waals surface area contributed by atoms with Gasteiger partial charge < -0.3 is 25.5 Å². The Balaban J connectivity index is 2.68. The second-order valence-electron chi connectivity index (χ2n) is 4.51.